The molecule has 2 aliphatic heterocycles. The summed E-state index contributed by atoms with van der Waals surface area (Å²) < 4.78 is 46.6. The Bertz CT molecular complexity index is 1460. The summed E-state index contributed by atoms with van der Waals surface area (Å²) in [5, 5.41) is 2.86. The van der Waals surface area contributed by atoms with Gasteiger partial charge in [-0.15, -0.1) is 0 Å². The fraction of sp³-hybridized carbons (Fsp3) is 0.300. The Morgan fingerprint density at radius 2 is 1.57 bits per heavy atom. The van der Waals surface area contributed by atoms with E-state index in [9.17, 15) is 27.6 Å². The Balaban J connectivity index is 1.51. The van der Waals surface area contributed by atoms with Gasteiger partial charge in [0.2, 0.25) is 0 Å². The van der Waals surface area contributed by atoms with Gasteiger partial charge in [0.25, 0.3) is 5.91 Å². The third-order valence-electron chi connectivity index (χ3n) is 7.15. The number of urea groups is 2. The van der Waals surface area contributed by atoms with Gasteiger partial charge < -0.3 is 10.1 Å². The second kappa shape index (κ2) is 12.2. The van der Waals surface area contributed by atoms with E-state index in [2.05, 4.69) is 10.2 Å². The summed E-state index contributed by atoms with van der Waals surface area (Å²) >= 11 is 0. The van der Waals surface area contributed by atoms with Crippen LogP contribution in [0, 0.1) is 0 Å². The summed E-state index contributed by atoms with van der Waals surface area (Å²) in [6, 6.07) is 15.5. The molecule has 220 valence electrons. The molecule has 0 unspecified atom stereocenters. The smallest absolute Gasteiger partial charge is 0.379 e. The van der Waals surface area contributed by atoms with E-state index in [4.69, 9.17) is 4.74 Å². The van der Waals surface area contributed by atoms with E-state index in [0.717, 1.165) is 35.0 Å². The predicted molar refractivity (Wildman–Crippen MR) is 152 cm³/mol. The Kier molecular flexibility index (Phi) is 8.46. The van der Waals surface area contributed by atoms with Gasteiger partial charge in [-0.1, -0.05) is 24.3 Å². The molecule has 42 heavy (non-hydrogen) atoms. The molecule has 9 nitrogen and oxygen atoms in total. The van der Waals surface area contributed by atoms with E-state index in [0.29, 0.717) is 26.3 Å². The fourth-order valence-corrected chi connectivity index (χ4v) is 5.01. The van der Waals surface area contributed by atoms with Gasteiger partial charge in [0.05, 0.1) is 41.5 Å². The summed E-state index contributed by atoms with van der Waals surface area (Å²) in [7, 11) is 0. The van der Waals surface area contributed by atoms with Crippen molar-refractivity contribution in [1.82, 2.24) is 10.2 Å². The van der Waals surface area contributed by atoms with Gasteiger partial charge in [0.1, 0.15) is 0 Å². The minimum absolute atomic E-state index is 0.0747. The number of alkyl halides is 3. The zero-order valence-electron chi connectivity index (χ0n) is 22.9. The van der Waals surface area contributed by atoms with Crippen molar-refractivity contribution in [3.05, 3.63) is 83.9 Å². The highest BCUT2D eigenvalue weighted by Crippen LogP contribution is 2.43. The van der Waals surface area contributed by atoms with Gasteiger partial charge in [-0.05, 0) is 55.5 Å². The van der Waals surface area contributed by atoms with Crippen LogP contribution in [0.15, 0.2) is 72.8 Å². The maximum Gasteiger partial charge on any atom is 0.416 e. The lowest BCUT2D eigenvalue weighted by Gasteiger charge is -2.27. The minimum atomic E-state index is -4.67. The number of carbonyl (C=O) groups excluding carboxylic acids is 3. The number of halogens is 3. The van der Waals surface area contributed by atoms with Gasteiger partial charge in [0, 0.05) is 38.3 Å². The number of carbonyl (C=O) groups is 3. The number of nitrogens with one attached hydrogen (secondary N) is 1. The lowest BCUT2D eigenvalue weighted by Crippen LogP contribution is -2.48. The zero-order chi connectivity index (χ0) is 29.9. The average Bonchev–Trinajstić information content (AvgIpc) is 3.08. The minimum Gasteiger partial charge on any atom is -0.379 e. The first-order valence-electron chi connectivity index (χ1n) is 13.6. The number of hydrogen-bond donors (Lipinski definition) is 1. The van der Waals surface area contributed by atoms with Crippen LogP contribution in [0.3, 0.4) is 0 Å². The zero-order valence-corrected chi connectivity index (χ0v) is 22.9. The molecule has 3 aromatic carbocycles. The van der Waals surface area contributed by atoms with E-state index < -0.39 is 23.8 Å². The van der Waals surface area contributed by atoms with E-state index in [1.54, 1.807) is 49.4 Å². The number of morpholine rings is 1. The summed E-state index contributed by atoms with van der Waals surface area (Å²) in [4.78, 5) is 46.5. The topological polar surface area (TPSA) is 85.4 Å². The number of anilines is 4. The molecule has 1 fully saturated rings. The first-order valence-corrected chi connectivity index (χ1v) is 13.6. The Morgan fingerprint density at radius 3 is 2.26 bits per heavy atom. The number of imide groups is 1. The molecule has 0 radical (unpaired) electrons. The van der Waals surface area contributed by atoms with Crippen molar-refractivity contribution in [2.75, 3.05) is 60.6 Å². The fourth-order valence-electron chi connectivity index (χ4n) is 5.01. The molecule has 0 bridgehead atoms. The van der Waals surface area contributed by atoms with Crippen molar-refractivity contribution < 1.29 is 32.3 Å². The Hall–Kier alpha value is -4.42. The summed E-state index contributed by atoms with van der Waals surface area (Å²) in [5.74, 6) is -0.384. The van der Waals surface area contributed by atoms with Crippen molar-refractivity contribution in [3.63, 3.8) is 0 Å². The number of hydrogen-bond acceptors (Lipinski definition) is 5. The highest BCUT2D eigenvalue weighted by atomic mass is 19.4. The second-order valence-electron chi connectivity index (χ2n) is 9.78. The molecule has 1 N–H and O–H groups in total. The molecule has 3 aromatic rings. The quantitative estimate of drug-likeness (QED) is 0.399. The molecule has 5 rings (SSSR count). The Morgan fingerprint density at radius 1 is 0.857 bits per heavy atom. The van der Waals surface area contributed by atoms with Gasteiger partial charge in [-0.25, -0.2) is 14.5 Å². The van der Waals surface area contributed by atoms with Crippen LogP contribution in [-0.2, 0) is 10.9 Å². The summed E-state index contributed by atoms with van der Waals surface area (Å²) in [6.07, 6.45) is -4.67. The largest absolute Gasteiger partial charge is 0.416 e. The van der Waals surface area contributed by atoms with Crippen LogP contribution in [0.5, 0.6) is 0 Å². The molecule has 0 saturated carbocycles. The van der Waals surface area contributed by atoms with Gasteiger partial charge in [-0.2, -0.15) is 13.2 Å². The molecule has 0 atom stereocenters. The maximum atomic E-state index is 14.2. The third-order valence-corrected chi connectivity index (χ3v) is 7.15. The van der Waals surface area contributed by atoms with Crippen LogP contribution in [0.1, 0.15) is 22.8 Å². The number of fused-ring (bicyclic) bond motifs is 1. The van der Waals surface area contributed by atoms with Crippen molar-refractivity contribution >= 4 is 40.7 Å². The van der Waals surface area contributed by atoms with E-state index in [-0.39, 0.29) is 40.8 Å². The van der Waals surface area contributed by atoms with Crippen molar-refractivity contribution in [2.24, 2.45) is 0 Å². The number of para-hydroxylation sites is 1. The third kappa shape index (κ3) is 5.95. The second-order valence-corrected chi connectivity index (χ2v) is 9.78. The monoisotopic (exact) mass is 581 g/mol. The molecule has 2 heterocycles. The number of benzene rings is 3. The summed E-state index contributed by atoms with van der Waals surface area (Å²) in [5.41, 5.74) is -0.291. The molecular formula is C30H30F3N5O4. The first kappa shape index (κ1) is 29.1. The first-order chi connectivity index (χ1) is 20.2. The molecule has 0 aliphatic carbocycles. The van der Waals surface area contributed by atoms with Crippen LogP contribution >= 0.6 is 0 Å². The molecule has 0 aromatic heterocycles. The van der Waals surface area contributed by atoms with Gasteiger partial charge in [-0.3, -0.25) is 19.5 Å². The average molecular weight is 582 g/mol. The van der Waals surface area contributed by atoms with E-state index >= 15 is 0 Å². The number of ether oxygens (including phenoxy) is 1. The number of nitrogens with zero attached hydrogens (tertiary/aromatic N) is 4. The van der Waals surface area contributed by atoms with Crippen molar-refractivity contribution in [1.29, 1.82) is 0 Å². The molecule has 12 heteroatoms. The standard InChI is InChI=1S/C30H30F3N5O4/c1-2-36-25-12-11-22(30(31,32)33)20-26(25)37(23-8-4-3-5-9-23)29(41)38(28(36)40)24-10-6-7-21(19-24)27(39)34-13-14-35-15-17-42-18-16-35/h3-12,19-20H,2,13-18H2,1H3,(H,34,39). The molecule has 1 saturated heterocycles. The van der Waals surface area contributed by atoms with Crippen LogP contribution in [-0.4, -0.2) is 68.8 Å². The number of amides is 5. The Labute approximate surface area is 241 Å². The van der Waals surface area contributed by atoms with E-state index in [1.165, 1.54) is 23.1 Å². The van der Waals surface area contributed by atoms with Crippen LogP contribution in [0.4, 0.5) is 45.5 Å². The molecule has 5 amide bonds. The molecule has 0 spiro atoms. The van der Waals surface area contributed by atoms with Crippen LogP contribution in [0.25, 0.3) is 0 Å². The lowest BCUT2D eigenvalue weighted by atomic mass is 10.1. The molecule has 2 aliphatic rings. The van der Waals surface area contributed by atoms with Crippen LogP contribution in [0.2, 0.25) is 0 Å². The SMILES string of the molecule is CCN1C(=O)N(c2cccc(C(=O)NCCN3CCOCC3)c2)C(=O)N(c2ccccc2)c2cc(C(F)(F)F)ccc21. The van der Waals surface area contributed by atoms with Crippen LogP contribution < -0.4 is 20.0 Å². The number of rotatable bonds is 7. The maximum absolute atomic E-state index is 14.2. The molecular weight excluding hydrogens is 551 g/mol. The lowest BCUT2D eigenvalue weighted by molar-refractivity contribution is -0.137. The predicted octanol–water partition coefficient (Wildman–Crippen LogP) is 5.49. The van der Waals surface area contributed by atoms with E-state index in [1.807, 2.05) is 0 Å². The van der Waals surface area contributed by atoms with Gasteiger partial charge >= 0.3 is 18.2 Å². The highest BCUT2D eigenvalue weighted by Gasteiger charge is 2.41. The van der Waals surface area contributed by atoms with Gasteiger partial charge in [0.15, 0.2) is 0 Å². The summed E-state index contributed by atoms with van der Waals surface area (Å²) in [6.45, 7) is 5.63. The van der Waals surface area contributed by atoms with Crippen molar-refractivity contribution in [3.8, 4) is 0 Å². The normalized spacial score (nSPS) is 16.3. The highest BCUT2D eigenvalue weighted by molar-refractivity contribution is 6.28. The van der Waals surface area contributed by atoms with Crippen molar-refractivity contribution in [2.45, 2.75) is 13.1 Å².